The van der Waals surface area contributed by atoms with Crippen molar-refractivity contribution in [2.45, 2.75) is 346 Å². The number of hydrogen-bond acceptors (Lipinski definition) is 28. The molecule has 8 aliphatic heterocycles. The van der Waals surface area contributed by atoms with Gasteiger partial charge in [-0.25, -0.2) is 13.1 Å². The second-order valence-corrected chi connectivity index (χ2v) is 35.4. The zero-order chi connectivity index (χ0) is 87.5. The van der Waals surface area contributed by atoms with Crippen molar-refractivity contribution in [2.24, 2.45) is 39.9 Å². The zero-order valence-corrected chi connectivity index (χ0v) is 73.7. The minimum Gasteiger partial charge on any atom is -0.394 e. The van der Waals surface area contributed by atoms with Crippen molar-refractivity contribution in [1.82, 2.24) is 10.0 Å². The van der Waals surface area contributed by atoms with Gasteiger partial charge in [0.25, 0.3) is 0 Å². The summed E-state index contributed by atoms with van der Waals surface area (Å²) in [5.41, 5.74) is 0.336. The fraction of sp³-hybridized carbons (Fsp3) is 0.885. The number of halogens is 3. The summed E-state index contributed by atoms with van der Waals surface area (Å²) in [4.78, 5) is 22.3. The number of amides is 1. The fourth-order valence-electron chi connectivity index (χ4n) is 13.6. The Kier molecular flexibility index (Phi) is 46.9. The number of hydrogen-bond donors (Lipinski definition) is 10. The molecule has 114 heavy (non-hydrogen) atoms. The van der Waals surface area contributed by atoms with Gasteiger partial charge in [0.1, 0.15) is 59.8 Å². The van der Waals surface area contributed by atoms with E-state index in [4.69, 9.17) is 102 Å². The Labute approximate surface area is 679 Å². The quantitative estimate of drug-likeness (QED) is 0.0586. The number of nitrogens with zero attached hydrogens (tertiary/aromatic N) is 1. The highest BCUT2D eigenvalue weighted by molar-refractivity contribution is 7.85. The van der Waals surface area contributed by atoms with Gasteiger partial charge in [-0.15, -0.1) is 0 Å². The molecule has 9 rings (SSSR count). The fourth-order valence-corrected chi connectivity index (χ4v) is 15.3. The van der Waals surface area contributed by atoms with Crippen LogP contribution in [0.2, 0.25) is 0 Å². The number of nitrogens with one attached hydrogen (secondary N) is 2. The van der Waals surface area contributed by atoms with Crippen LogP contribution in [0.3, 0.4) is 0 Å². The molecular weight excluding hydrogens is 1550 g/mol. The lowest BCUT2D eigenvalue weighted by atomic mass is 9.84. The molecule has 0 radical (unpaired) electrons. The summed E-state index contributed by atoms with van der Waals surface area (Å²) in [5, 5.41) is 73.4. The first-order chi connectivity index (χ1) is 53.2. The lowest BCUT2D eigenvalue weighted by Crippen LogP contribution is -2.59. The minimum atomic E-state index is -4.91. The number of ketones is 1. The Bertz CT molecular complexity index is 2830. The van der Waals surface area contributed by atoms with Gasteiger partial charge in [0.15, 0.2) is 49.8 Å². The number of carbonyl (C=O) groups is 2. The second-order valence-electron chi connectivity index (χ2n) is 31.6. The van der Waals surface area contributed by atoms with Crippen molar-refractivity contribution in [3.05, 3.63) is 35.9 Å². The van der Waals surface area contributed by atoms with Crippen molar-refractivity contribution in [3.63, 3.8) is 0 Å². The number of aliphatic hydroxyl groups is 8. The van der Waals surface area contributed by atoms with E-state index < -0.39 is 132 Å². The smallest absolute Gasteiger partial charge is 0.394 e. The lowest BCUT2D eigenvalue weighted by molar-refractivity contribution is -0.182. The van der Waals surface area contributed by atoms with Crippen LogP contribution < -0.4 is 10.0 Å². The third-order valence-electron chi connectivity index (χ3n) is 21.6. The summed E-state index contributed by atoms with van der Waals surface area (Å²) in [6, 6.07) is 10.2. The topological polar surface area (TPSA) is 414 Å². The number of carbonyl (C=O) groups excluding carboxylic acids is 2. The van der Waals surface area contributed by atoms with Crippen molar-refractivity contribution in [3.8, 4) is 0 Å². The molecule has 0 aromatic heterocycles. The molecule has 8 heterocycles. The van der Waals surface area contributed by atoms with Crippen molar-refractivity contribution in [1.29, 1.82) is 0 Å². The first-order valence-corrected chi connectivity index (χ1v) is 41.4. The van der Waals surface area contributed by atoms with E-state index in [1.165, 1.54) is 33.8 Å². The summed E-state index contributed by atoms with van der Waals surface area (Å²) in [7, 11) is 8.25. The van der Waals surface area contributed by atoms with Crippen LogP contribution in [0.25, 0.3) is 0 Å². The second kappa shape index (κ2) is 49.9. The molecule has 8 fully saturated rings. The van der Waals surface area contributed by atoms with Crippen molar-refractivity contribution >= 4 is 39.4 Å². The monoisotopic (exact) mass is 1690 g/mol. The van der Waals surface area contributed by atoms with E-state index in [1.807, 2.05) is 114 Å². The molecule has 1 aromatic carbocycles. The minimum absolute atomic E-state index is 0.00931. The van der Waals surface area contributed by atoms with Gasteiger partial charge in [0.05, 0.1) is 93.7 Å². The maximum absolute atomic E-state index is 12.3. The third-order valence-corrected chi connectivity index (χ3v) is 24.7. The number of benzene rings is 1. The zero-order valence-electron chi connectivity index (χ0n) is 72.1. The van der Waals surface area contributed by atoms with Crippen molar-refractivity contribution in [2.75, 3.05) is 63.0 Å². The van der Waals surface area contributed by atoms with Gasteiger partial charge in [-0.1, -0.05) is 113 Å². The van der Waals surface area contributed by atoms with Crippen LogP contribution in [0, 0.1) is 35.5 Å². The van der Waals surface area contributed by atoms with E-state index in [-0.39, 0.29) is 107 Å². The predicted octanol–water partition coefficient (Wildman–Crippen LogP) is 6.58. The van der Waals surface area contributed by atoms with E-state index in [0.29, 0.717) is 18.9 Å². The molecule has 8 saturated heterocycles. The van der Waals surface area contributed by atoms with Crippen LogP contribution in [0.4, 0.5) is 13.2 Å². The number of rotatable bonds is 22. The first kappa shape index (κ1) is 107. The Morgan fingerprint density at radius 1 is 0.500 bits per heavy atom. The first-order valence-electron chi connectivity index (χ1n) is 39.2. The van der Waals surface area contributed by atoms with Crippen LogP contribution >= 0.6 is 0 Å². The lowest BCUT2D eigenvalue weighted by Gasteiger charge is -2.35. The predicted molar refractivity (Wildman–Crippen MR) is 419 cm³/mol. The van der Waals surface area contributed by atoms with E-state index in [9.17, 15) is 36.3 Å². The SMILES string of the molecule is CC[C@H]1O[C@H](OC)C(=NS(=O)C(C)(C)C)[C@@H]1C.CC[C@H]1O[C@H](OC)C(=O)[C@@H]1C.CC[C@H]1O[C@H](OC)[C@H](O)[C@@H]1C.CC[C@H]1O[C@H](OC)[C@H](OCc2ccccc2)[C@@H]1C.CC[C@H]1O[C@H](OC)[C@](C)(NC(=O)C(F)(F)F)[C@@H]1C.CC[C@H]1O[C@H](OC)[C@](C)(NS(=O)C(C)(C)C)[C@@H]1C.CO[C@H]1O[C@H](CO)[C@@H](O)[C@H]1O.OC[C@H]1OC(O)[C@H](O)[C@@H]1O. The van der Waals surface area contributed by atoms with E-state index in [1.54, 1.807) is 35.4 Å². The highest BCUT2D eigenvalue weighted by Crippen LogP contribution is 2.41. The molecule has 8 aliphatic rings. The summed E-state index contributed by atoms with van der Waals surface area (Å²) in [6.45, 7) is 39.2. The molecule has 0 spiro atoms. The van der Waals surface area contributed by atoms with E-state index in [0.717, 1.165) is 37.8 Å². The summed E-state index contributed by atoms with van der Waals surface area (Å²) < 4.78 is 153. The molecule has 0 saturated carbocycles. The van der Waals surface area contributed by atoms with Crippen LogP contribution in [0.15, 0.2) is 34.7 Å². The van der Waals surface area contributed by atoms with Crippen LogP contribution in [-0.2, 0) is 114 Å². The van der Waals surface area contributed by atoms with Gasteiger partial charge in [-0.05, 0) is 99.5 Å². The van der Waals surface area contributed by atoms with E-state index in [2.05, 4.69) is 65.3 Å². The normalized spacial score (nSPS) is 38.6. The van der Waals surface area contributed by atoms with Gasteiger partial charge < -0.3 is 122 Å². The molecule has 1 amide bonds. The largest absolute Gasteiger partial charge is 0.471 e. The summed E-state index contributed by atoms with van der Waals surface area (Å²) in [5.74, 6) is -1.23. The molecule has 31 nitrogen and oxygen atoms in total. The Hall–Kier alpha value is -2.88. The number of Topliss-reactive ketones (excluding diaryl/α,β-unsaturated/α-hetero) is 1. The van der Waals surface area contributed by atoms with Gasteiger partial charge in [-0.3, -0.25) is 9.59 Å². The van der Waals surface area contributed by atoms with Gasteiger partial charge in [-0.2, -0.15) is 17.6 Å². The average Bonchev–Trinajstić information content (AvgIpc) is 1.62. The maximum Gasteiger partial charge on any atom is 0.471 e. The highest BCUT2D eigenvalue weighted by Gasteiger charge is 2.56. The van der Waals surface area contributed by atoms with Gasteiger partial charge in [0.2, 0.25) is 6.29 Å². The molecule has 3 unspecified atom stereocenters. The maximum atomic E-state index is 12.3. The molecule has 32 atom stereocenters. The molecule has 10 N–H and O–H groups in total. The molecule has 0 bridgehead atoms. The standard InChI is InChI=1S/C15H22O3.C13H27NO3S.C12H23NO3S.C11H18F3NO3.C8H16O3.C8H14O3.C6H12O5.C5H10O5/c1-4-13-11(2)14(15(16-3)18-13)17-10-12-8-6-5-7-9-12;1-8-10-9(2)13(6,11(16-7)17-10)14-18(15)12(3,4)5;1-7-9-8(2)10(11(15-6)16-9)13-17(14)12(3,4)5;1-5-7-6(2)10(3,9(17-4)18-7)15-8(16)11(12,13)14;2*1-4-6-5(2)7(9)8(10-3)11-6;1-10-6-5(9)4(8)3(2-7)11-6;6-1-2-3(7)4(8)5(9)10-2/h5-9,11,13-15H,4,10H2,1-3H3;9-11,14H,8H2,1-7H3;8-9,11H,7H2,1-6H3;6-7,9H,5H2,1-4H3,(H,15,16);5-9H,4H2,1-3H3;5-6,8H,4H2,1-3H3;3-9H,2H2,1H3;2-9H,1H2/t11-,13-,14-,15+;9-,10-,11+,13-,18?;8-,9-,11+,17?;6-,7-,9+,10-;5-,6-,7-,8+;5-,6-,8+;3-,4-,5-,6+;2-,3-,4-,5?/m11111111/s1. The Balaban J connectivity index is 0.000000446. The molecule has 0 aliphatic carbocycles. The number of alkyl halides is 3. The van der Waals surface area contributed by atoms with Crippen LogP contribution in [-0.4, -0.2) is 292 Å². The van der Waals surface area contributed by atoms with Gasteiger partial charge >= 0.3 is 12.1 Å². The Morgan fingerprint density at radius 3 is 1.28 bits per heavy atom. The number of ether oxygens (including phenoxy) is 16. The van der Waals surface area contributed by atoms with Crippen LogP contribution in [0.1, 0.15) is 183 Å². The number of methoxy groups -OCH3 is 7. The Morgan fingerprint density at radius 2 is 0.921 bits per heavy atom. The third kappa shape index (κ3) is 29.5. The molecule has 670 valence electrons. The molecular formula is C78H142F3N3O28S2. The average molecular weight is 1690 g/mol. The van der Waals surface area contributed by atoms with Crippen LogP contribution in [0.5, 0.6) is 0 Å². The van der Waals surface area contributed by atoms with E-state index >= 15 is 0 Å². The molecule has 36 heteroatoms. The van der Waals surface area contributed by atoms with Gasteiger partial charge in [0, 0.05) is 85.3 Å². The van der Waals surface area contributed by atoms with Crippen molar-refractivity contribution < 1.29 is 148 Å². The number of aliphatic hydroxyl groups excluding tert-OH is 8. The molecule has 1 aromatic rings. The highest BCUT2D eigenvalue weighted by atomic mass is 32.2. The summed E-state index contributed by atoms with van der Waals surface area (Å²) >= 11 is 0. The summed E-state index contributed by atoms with van der Waals surface area (Å²) in [6.07, 6.45) is -11.1.